The SMILES string of the molecule is C[C@H]1C(=O)NCCCOc2cc3c(ncnc3cc2OCCCN(C)CCO)Nc2cc(Cl)c(F)cc2CN1C. The van der Waals surface area contributed by atoms with Gasteiger partial charge in [0.25, 0.3) is 0 Å². The molecule has 12 heteroatoms. The second-order valence-corrected chi connectivity index (χ2v) is 10.3. The lowest BCUT2D eigenvalue weighted by Crippen LogP contribution is -2.43. The first-order valence-electron chi connectivity index (χ1n) is 13.3. The van der Waals surface area contributed by atoms with Crippen molar-refractivity contribution in [2.45, 2.75) is 32.4 Å². The highest BCUT2D eigenvalue weighted by Crippen LogP contribution is 2.36. The van der Waals surface area contributed by atoms with Gasteiger partial charge in [-0.1, -0.05) is 11.6 Å². The molecule has 1 aliphatic heterocycles. The maximum absolute atomic E-state index is 14.5. The fourth-order valence-corrected chi connectivity index (χ4v) is 4.53. The van der Waals surface area contributed by atoms with Crippen LogP contribution in [0.25, 0.3) is 10.9 Å². The number of hydrogen-bond acceptors (Lipinski definition) is 9. The van der Waals surface area contributed by atoms with E-state index in [1.54, 1.807) is 6.92 Å². The van der Waals surface area contributed by atoms with Gasteiger partial charge in [0, 0.05) is 43.3 Å². The zero-order valence-electron chi connectivity index (χ0n) is 23.0. The van der Waals surface area contributed by atoms with E-state index in [-0.39, 0.29) is 17.5 Å². The number of carbonyl (C=O) groups excluding carboxylic acids is 1. The Morgan fingerprint density at radius 2 is 2.10 bits per heavy atom. The molecule has 0 radical (unpaired) electrons. The number of amides is 1. The highest BCUT2D eigenvalue weighted by Gasteiger charge is 2.21. The topological polar surface area (TPSA) is 112 Å². The van der Waals surface area contributed by atoms with Gasteiger partial charge in [-0.25, -0.2) is 14.4 Å². The third kappa shape index (κ3) is 7.48. The third-order valence-electron chi connectivity index (χ3n) is 6.86. The standard InChI is InChI=1S/C28H36ClFN6O4/c1-18-28(38)31-6-4-10-39-25-13-20-24(15-26(25)40-11-5-7-35(2)8-9-37)32-17-33-27(20)34-23-14-21(29)22(30)12-19(23)16-36(18)3/h12-15,17-18,37H,4-11,16H2,1-3H3,(H,31,38)(H,32,33,34)/t18-/m0/s1. The van der Waals surface area contributed by atoms with Gasteiger partial charge in [0.2, 0.25) is 5.91 Å². The van der Waals surface area contributed by atoms with Gasteiger partial charge in [-0.3, -0.25) is 9.69 Å². The van der Waals surface area contributed by atoms with Crippen LogP contribution in [0.4, 0.5) is 15.9 Å². The lowest BCUT2D eigenvalue weighted by atomic mass is 10.1. The molecular formula is C28H36ClFN6O4. The minimum absolute atomic E-state index is 0.0307. The number of rotatable bonds is 7. The summed E-state index contributed by atoms with van der Waals surface area (Å²) in [5, 5.41) is 16.0. The van der Waals surface area contributed by atoms with E-state index in [4.69, 9.17) is 26.2 Å². The number of aromatic nitrogens is 2. The highest BCUT2D eigenvalue weighted by atomic mass is 35.5. The number of benzene rings is 2. The number of likely N-dealkylation sites (N-methyl/N-ethyl adjacent to an activating group) is 2. The van der Waals surface area contributed by atoms with Crippen molar-refractivity contribution >= 4 is 39.9 Å². The van der Waals surface area contributed by atoms with E-state index in [1.165, 1.54) is 18.5 Å². The zero-order valence-corrected chi connectivity index (χ0v) is 23.8. The molecule has 0 saturated carbocycles. The minimum atomic E-state index is -0.547. The smallest absolute Gasteiger partial charge is 0.237 e. The second-order valence-electron chi connectivity index (χ2n) is 9.90. The molecule has 0 unspecified atom stereocenters. The molecule has 216 valence electrons. The monoisotopic (exact) mass is 574 g/mol. The largest absolute Gasteiger partial charge is 0.490 e. The first-order chi connectivity index (χ1) is 19.3. The van der Waals surface area contributed by atoms with Crippen LogP contribution in [0.5, 0.6) is 11.5 Å². The van der Waals surface area contributed by atoms with Crippen LogP contribution in [0.1, 0.15) is 25.3 Å². The number of anilines is 2. The number of nitrogens with one attached hydrogen (secondary N) is 2. The molecule has 3 aromatic rings. The van der Waals surface area contributed by atoms with Crippen LogP contribution in [0.2, 0.25) is 5.02 Å². The van der Waals surface area contributed by atoms with Crippen molar-refractivity contribution in [2.75, 3.05) is 58.9 Å². The van der Waals surface area contributed by atoms with Crippen molar-refractivity contribution in [3.05, 3.63) is 47.0 Å². The predicted octanol–water partition coefficient (Wildman–Crippen LogP) is 3.58. The van der Waals surface area contributed by atoms with Gasteiger partial charge in [0.1, 0.15) is 18.0 Å². The van der Waals surface area contributed by atoms with Gasteiger partial charge in [-0.05, 0) is 57.6 Å². The summed E-state index contributed by atoms with van der Waals surface area (Å²) in [5.41, 5.74) is 1.82. The summed E-state index contributed by atoms with van der Waals surface area (Å²) in [6.45, 7) is 4.84. The zero-order chi connectivity index (χ0) is 28.6. The quantitative estimate of drug-likeness (QED) is 0.365. The van der Waals surface area contributed by atoms with E-state index in [2.05, 4.69) is 20.6 Å². The molecule has 0 saturated heterocycles. The van der Waals surface area contributed by atoms with E-state index < -0.39 is 11.9 Å². The number of carbonyl (C=O) groups is 1. The van der Waals surface area contributed by atoms with Gasteiger partial charge >= 0.3 is 0 Å². The van der Waals surface area contributed by atoms with E-state index in [9.17, 15) is 9.18 Å². The van der Waals surface area contributed by atoms with Gasteiger partial charge < -0.3 is 30.1 Å². The molecule has 2 bridgehead atoms. The Kier molecular flexibility index (Phi) is 10.3. The Balaban J connectivity index is 1.69. The normalized spacial score (nSPS) is 16.9. The van der Waals surface area contributed by atoms with Crippen LogP contribution >= 0.6 is 11.6 Å². The van der Waals surface area contributed by atoms with E-state index >= 15 is 0 Å². The summed E-state index contributed by atoms with van der Waals surface area (Å²) < 4.78 is 26.7. The Hall–Kier alpha value is -3.25. The van der Waals surface area contributed by atoms with E-state index in [1.807, 2.05) is 36.0 Å². The number of nitrogens with zero attached hydrogens (tertiary/aromatic N) is 4. The van der Waals surface area contributed by atoms with Crippen LogP contribution in [-0.4, -0.2) is 90.4 Å². The molecule has 3 N–H and O–H groups in total. The Labute approximate surface area is 238 Å². The second kappa shape index (κ2) is 13.9. The van der Waals surface area contributed by atoms with Gasteiger partial charge in [0.05, 0.1) is 36.4 Å². The molecule has 0 spiro atoms. The number of fused-ring (bicyclic) bond motifs is 2. The highest BCUT2D eigenvalue weighted by molar-refractivity contribution is 6.31. The molecule has 2 heterocycles. The van der Waals surface area contributed by atoms with Gasteiger partial charge in [0.15, 0.2) is 11.5 Å². The van der Waals surface area contributed by atoms with E-state index in [0.29, 0.717) is 78.7 Å². The lowest BCUT2D eigenvalue weighted by Gasteiger charge is -2.25. The van der Waals surface area contributed by atoms with Crippen molar-refractivity contribution in [1.29, 1.82) is 0 Å². The molecule has 0 fully saturated rings. The Morgan fingerprint density at radius 3 is 2.90 bits per heavy atom. The molecule has 1 atom stereocenters. The van der Waals surface area contributed by atoms with Crippen molar-refractivity contribution in [3.8, 4) is 11.5 Å². The number of ether oxygens (including phenoxy) is 2. The molecule has 0 aliphatic carbocycles. The van der Waals surface area contributed by atoms with Crippen molar-refractivity contribution in [1.82, 2.24) is 25.1 Å². The Morgan fingerprint density at radius 1 is 1.27 bits per heavy atom. The van der Waals surface area contributed by atoms with Crippen LogP contribution in [-0.2, 0) is 11.3 Å². The summed E-state index contributed by atoms with van der Waals surface area (Å²) in [4.78, 5) is 25.5. The number of aliphatic hydroxyl groups is 1. The summed E-state index contributed by atoms with van der Waals surface area (Å²) >= 11 is 6.16. The van der Waals surface area contributed by atoms with Gasteiger partial charge in [-0.15, -0.1) is 0 Å². The molecule has 40 heavy (non-hydrogen) atoms. The number of hydrogen-bond donors (Lipinski definition) is 3. The van der Waals surface area contributed by atoms with Crippen LogP contribution in [0.15, 0.2) is 30.6 Å². The molecule has 10 nitrogen and oxygen atoms in total. The maximum Gasteiger partial charge on any atom is 0.237 e. The molecule has 1 aliphatic rings. The molecule has 2 aromatic carbocycles. The van der Waals surface area contributed by atoms with Crippen LogP contribution in [0.3, 0.4) is 0 Å². The fraction of sp³-hybridized carbons (Fsp3) is 0.464. The molecular weight excluding hydrogens is 539 g/mol. The maximum atomic E-state index is 14.5. The first kappa shape index (κ1) is 29.7. The summed E-state index contributed by atoms with van der Waals surface area (Å²) in [6.07, 6.45) is 2.80. The van der Waals surface area contributed by atoms with Crippen molar-refractivity contribution < 1.29 is 23.8 Å². The number of halogens is 2. The van der Waals surface area contributed by atoms with E-state index in [0.717, 1.165) is 13.0 Å². The van der Waals surface area contributed by atoms with Crippen LogP contribution in [0, 0.1) is 5.82 Å². The van der Waals surface area contributed by atoms with Crippen molar-refractivity contribution in [2.24, 2.45) is 0 Å². The van der Waals surface area contributed by atoms with Crippen molar-refractivity contribution in [3.63, 3.8) is 0 Å². The van der Waals surface area contributed by atoms with Crippen LogP contribution < -0.4 is 20.1 Å². The van der Waals surface area contributed by atoms with Gasteiger partial charge in [-0.2, -0.15) is 0 Å². The molecule has 1 aromatic heterocycles. The first-order valence-corrected chi connectivity index (χ1v) is 13.7. The lowest BCUT2D eigenvalue weighted by molar-refractivity contribution is -0.125. The summed E-state index contributed by atoms with van der Waals surface area (Å²) in [7, 11) is 3.76. The third-order valence-corrected chi connectivity index (χ3v) is 7.15. The average molecular weight is 575 g/mol. The number of aliphatic hydroxyl groups excluding tert-OH is 1. The molecule has 1 amide bonds. The minimum Gasteiger partial charge on any atom is -0.490 e. The summed E-state index contributed by atoms with van der Waals surface area (Å²) in [5.74, 6) is 0.894. The molecule has 4 rings (SSSR count). The Bertz CT molecular complexity index is 1330. The predicted molar refractivity (Wildman–Crippen MR) is 153 cm³/mol. The average Bonchev–Trinajstić information content (AvgIpc) is 2.93. The summed E-state index contributed by atoms with van der Waals surface area (Å²) in [6, 6.07) is 6.08. The fourth-order valence-electron chi connectivity index (χ4n) is 4.37.